The number of ether oxygens (including phenoxy) is 2. The number of carbonyl (C=O) groups excluding carboxylic acids is 2. The van der Waals surface area contributed by atoms with E-state index in [2.05, 4.69) is 15.0 Å². The van der Waals surface area contributed by atoms with Crippen LogP contribution in [0.3, 0.4) is 0 Å². The lowest BCUT2D eigenvalue weighted by molar-refractivity contribution is -0.139. The Bertz CT molecular complexity index is 372. The van der Waals surface area contributed by atoms with Gasteiger partial charge < -0.3 is 9.47 Å². The maximum Gasteiger partial charge on any atom is 0.331 e. The normalized spacial score (nSPS) is 10.3. The Balaban J connectivity index is 2.20. The number of esters is 2. The topological polar surface area (TPSA) is 83.3 Å². The third kappa shape index (κ3) is 4.36. The number of methoxy groups -OCH3 is 1. The summed E-state index contributed by atoms with van der Waals surface area (Å²) in [6.45, 7) is 0.575. The molecule has 16 heavy (non-hydrogen) atoms. The summed E-state index contributed by atoms with van der Waals surface area (Å²) in [7, 11) is 1.22. The lowest BCUT2D eigenvalue weighted by Gasteiger charge is -2.00. The molecule has 0 saturated carbocycles. The average Bonchev–Trinajstić information content (AvgIpc) is 2.79. The van der Waals surface area contributed by atoms with Crippen LogP contribution in [-0.2, 0) is 25.6 Å². The van der Waals surface area contributed by atoms with Crippen molar-refractivity contribution < 1.29 is 19.1 Å². The van der Waals surface area contributed by atoms with E-state index in [1.807, 2.05) is 0 Å². The number of hydrogen-bond donors (Lipinski definition) is 0. The predicted molar refractivity (Wildman–Crippen MR) is 52.1 cm³/mol. The molecule has 0 aliphatic heterocycles. The molecule has 0 aliphatic carbocycles. The molecule has 0 fully saturated rings. The Morgan fingerprint density at radius 2 is 2.12 bits per heavy atom. The van der Waals surface area contributed by atoms with E-state index < -0.39 is 11.9 Å². The fourth-order valence-corrected chi connectivity index (χ4v) is 0.844. The van der Waals surface area contributed by atoms with Gasteiger partial charge in [0.25, 0.3) is 0 Å². The minimum Gasteiger partial charge on any atom is -0.466 e. The van der Waals surface area contributed by atoms with Gasteiger partial charge in [-0.05, 0) is 0 Å². The highest BCUT2D eigenvalue weighted by Crippen LogP contribution is 1.87. The van der Waals surface area contributed by atoms with Crippen LogP contribution in [0.5, 0.6) is 0 Å². The molecular weight excluding hydrogens is 214 g/mol. The van der Waals surface area contributed by atoms with E-state index in [1.165, 1.54) is 18.0 Å². The summed E-state index contributed by atoms with van der Waals surface area (Å²) >= 11 is 0. The van der Waals surface area contributed by atoms with Crippen molar-refractivity contribution in [2.24, 2.45) is 0 Å². The molecule has 86 valence electrons. The second-order valence-corrected chi connectivity index (χ2v) is 2.69. The molecule has 0 amide bonds. The SMILES string of the molecule is COC(=O)/C=C/C(=O)OCCn1ccnn1. The number of carbonyl (C=O) groups is 2. The maximum absolute atomic E-state index is 11.0. The van der Waals surface area contributed by atoms with Gasteiger partial charge in [-0.2, -0.15) is 0 Å². The van der Waals surface area contributed by atoms with Crippen molar-refractivity contribution in [1.29, 1.82) is 0 Å². The van der Waals surface area contributed by atoms with Crippen LogP contribution in [0, 0.1) is 0 Å². The molecule has 0 aromatic carbocycles. The third-order valence-electron chi connectivity index (χ3n) is 1.59. The molecule has 0 bridgehead atoms. The fourth-order valence-electron chi connectivity index (χ4n) is 0.844. The van der Waals surface area contributed by atoms with E-state index >= 15 is 0 Å². The summed E-state index contributed by atoms with van der Waals surface area (Å²) in [4.78, 5) is 21.7. The Morgan fingerprint density at radius 3 is 2.75 bits per heavy atom. The van der Waals surface area contributed by atoms with Gasteiger partial charge >= 0.3 is 11.9 Å². The van der Waals surface area contributed by atoms with Gasteiger partial charge in [0.1, 0.15) is 6.61 Å². The van der Waals surface area contributed by atoms with Crippen molar-refractivity contribution in [2.45, 2.75) is 6.54 Å². The van der Waals surface area contributed by atoms with Crippen LogP contribution in [-0.4, -0.2) is 40.6 Å². The van der Waals surface area contributed by atoms with Crippen LogP contribution in [0.1, 0.15) is 0 Å². The lowest BCUT2D eigenvalue weighted by atomic mass is 10.5. The molecule has 0 spiro atoms. The first-order valence-corrected chi connectivity index (χ1v) is 4.49. The minimum atomic E-state index is -0.606. The maximum atomic E-state index is 11.0. The monoisotopic (exact) mass is 225 g/mol. The van der Waals surface area contributed by atoms with Gasteiger partial charge in [-0.1, -0.05) is 5.21 Å². The van der Waals surface area contributed by atoms with Crippen LogP contribution in [0.15, 0.2) is 24.5 Å². The summed E-state index contributed by atoms with van der Waals surface area (Å²) in [5, 5.41) is 7.27. The quantitative estimate of drug-likeness (QED) is 0.498. The molecule has 1 rings (SSSR count). The third-order valence-corrected chi connectivity index (χ3v) is 1.59. The zero-order valence-corrected chi connectivity index (χ0v) is 8.70. The number of hydrogen-bond acceptors (Lipinski definition) is 6. The van der Waals surface area contributed by atoms with Crippen molar-refractivity contribution in [3.8, 4) is 0 Å². The first kappa shape index (κ1) is 11.9. The zero-order valence-electron chi connectivity index (χ0n) is 8.70. The fraction of sp³-hybridized carbons (Fsp3) is 0.333. The summed E-state index contributed by atoms with van der Waals surface area (Å²) < 4.78 is 10.6. The van der Waals surface area contributed by atoms with E-state index in [0.29, 0.717) is 6.54 Å². The van der Waals surface area contributed by atoms with E-state index in [1.54, 1.807) is 6.20 Å². The molecule has 7 heteroatoms. The molecule has 0 N–H and O–H groups in total. The summed E-state index contributed by atoms with van der Waals surface area (Å²) in [6.07, 6.45) is 5.18. The van der Waals surface area contributed by atoms with Crippen molar-refractivity contribution >= 4 is 11.9 Å². The standard InChI is InChI=1S/C9H11N3O4/c1-15-8(13)2-3-9(14)16-7-6-12-5-4-10-11-12/h2-5H,6-7H2,1H3/b3-2+. The lowest BCUT2D eigenvalue weighted by Crippen LogP contribution is -2.10. The number of nitrogens with zero attached hydrogens (tertiary/aromatic N) is 3. The number of aromatic nitrogens is 3. The van der Waals surface area contributed by atoms with Gasteiger partial charge in [-0.25, -0.2) is 14.3 Å². The molecule has 7 nitrogen and oxygen atoms in total. The summed E-state index contributed by atoms with van der Waals surface area (Å²) in [5.41, 5.74) is 0. The minimum absolute atomic E-state index is 0.160. The first-order valence-electron chi connectivity index (χ1n) is 4.49. The van der Waals surface area contributed by atoms with Crippen molar-refractivity contribution in [1.82, 2.24) is 15.0 Å². The van der Waals surface area contributed by atoms with Crippen LogP contribution in [0.4, 0.5) is 0 Å². The zero-order chi connectivity index (χ0) is 11.8. The predicted octanol–water partition coefficient (Wildman–Crippen LogP) is -0.450. The van der Waals surface area contributed by atoms with Crippen LogP contribution in [0.2, 0.25) is 0 Å². The highest BCUT2D eigenvalue weighted by atomic mass is 16.5. The van der Waals surface area contributed by atoms with Gasteiger partial charge in [0, 0.05) is 18.3 Å². The molecule has 1 aromatic rings. The van der Waals surface area contributed by atoms with Crippen LogP contribution >= 0.6 is 0 Å². The van der Waals surface area contributed by atoms with Crippen molar-refractivity contribution in [2.75, 3.05) is 13.7 Å². The van der Waals surface area contributed by atoms with Gasteiger partial charge in [-0.3, -0.25) is 0 Å². The van der Waals surface area contributed by atoms with Crippen LogP contribution in [0.25, 0.3) is 0 Å². The first-order chi connectivity index (χ1) is 7.72. The van der Waals surface area contributed by atoms with Gasteiger partial charge in [0.15, 0.2) is 0 Å². The number of rotatable bonds is 5. The van der Waals surface area contributed by atoms with Gasteiger partial charge in [0.05, 0.1) is 19.9 Å². The molecule has 0 aliphatic rings. The van der Waals surface area contributed by atoms with Crippen molar-refractivity contribution in [3.05, 3.63) is 24.5 Å². The Morgan fingerprint density at radius 1 is 1.38 bits per heavy atom. The molecule has 0 radical (unpaired) electrons. The Hall–Kier alpha value is -2.18. The molecule has 1 aromatic heterocycles. The summed E-state index contributed by atoms with van der Waals surface area (Å²) in [6, 6.07) is 0. The Labute approximate surface area is 91.6 Å². The molecule has 0 atom stereocenters. The highest BCUT2D eigenvalue weighted by molar-refractivity contribution is 5.91. The van der Waals surface area contributed by atoms with Gasteiger partial charge in [-0.15, -0.1) is 5.10 Å². The summed E-state index contributed by atoms with van der Waals surface area (Å²) in [5.74, 6) is -1.21. The molecule has 0 saturated heterocycles. The smallest absolute Gasteiger partial charge is 0.331 e. The molecule has 1 heterocycles. The van der Waals surface area contributed by atoms with E-state index in [-0.39, 0.29) is 6.61 Å². The van der Waals surface area contributed by atoms with E-state index in [4.69, 9.17) is 4.74 Å². The largest absolute Gasteiger partial charge is 0.466 e. The molecular formula is C9H11N3O4. The highest BCUT2D eigenvalue weighted by Gasteiger charge is 1.99. The Kier molecular flexibility index (Phi) is 4.71. The van der Waals surface area contributed by atoms with Crippen molar-refractivity contribution in [3.63, 3.8) is 0 Å². The average molecular weight is 225 g/mol. The van der Waals surface area contributed by atoms with Crippen LogP contribution < -0.4 is 0 Å². The van der Waals surface area contributed by atoms with Gasteiger partial charge in [0.2, 0.25) is 0 Å². The van der Waals surface area contributed by atoms with E-state index in [9.17, 15) is 9.59 Å². The van der Waals surface area contributed by atoms with E-state index in [0.717, 1.165) is 12.2 Å². The second kappa shape index (κ2) is 6.33. The molecule has 0 unspecified atom stereocenters. The second-order valence-electron chi connectivity index (χ2n) is 2.69.